The van der Waals surface area contributed by atoms with Gasteiger partial charge in [0.25, 0.3) is 0 Å². The normalized spacial score (nSPS) is 14.2. The number of hydrogen-bond donors (Lipinski definition) is 3. The highest BCUT2D eigenvalue weighted by atomic mass is 31.2. The van der Waals surface area contributed by atoms with Gasteiger partial charge in [-0.2, -0.15) is 0 Å². The van der Waals surface area contributed by atoms with E-state index < -0.39 is 97.5 Å². The third-order valence-corrected chi connectivity index (χ3v) is 21.0. The molecule has 0 aromatic carbocycles. The zero-order chi connectivity index (χ0) is 72.8. The van der Waals surface area contributed by atoms with Crippen molar-refractivity contribution in [1.82, 2.24) is 0 Å². The summed E-state index contributed by atoms with van der Waals surface area (Å²) in [6.45, 7) is 9.62. The lowest BCUT2D eigenvalue weighted by Gasteiger charge is -2.21. The molecule has 0 fully saturated rings. The van der Waals surface area contributed by atoms with Gasteiger partial charge in [0.2, 0.25) is 0 Å². The Bertz CT molecular complexity index is 1910. The summed E-state index contributed by atoms with van der Waals surface area (Å²) in [5.41, 5.74) is 0. The summed E-state index contributed by atoms with van der Waals surface area (Å²) in [4.78, 5) is 73.0. The molecule has 99 heavy (non-hydrogen) atoms. The molecule has 0 aliphatic rings. The summed E-state index contributed by atoms with van der Waals surface area (Å²) in [5.74, 6) is -0.574. The highest BCUT2D eigenvalue weighted by Crippen LogP contribution is 2.45. The smallest absolute Gasteiger partial charge is 0.462 e. The minimum atomic E-state index is -4.96. The number of ether oxygens (including phenoxy) is 4. The highest BCUT2D eigenvalue weighted by molar-refractivity contribution is 7.47. The van der Waals surface area contributed by atoms with Crippen LogP contribution in [-0.2, 0) is 65.4 Å². The Morgan fingerprint density at radius 1 is 0.293 bits per heavy atom. The van der Waals surface area contributed by atoms with Crippen molar-refractivity contribution in [2.75, 3.05) is 39.6 Å². The maximum atomic E-state index is 13.1. The molecule has 0 spiro atoms. The molecule has 588 valence electrons. The first-order valence-electron chi connectivity index (χ1n) is 41.5. The van der Waals surface area contributed by atoms with Crippen LogP contribution in [0.4, 0.5) is 0 Å². The molecule has 0 heterocycles. The van der Waals surface area contributed by atoms with Crippen LogP contribution >= 0.6 is 15.6 Å². The van der Waals surface area contributed by atoms with Crippen molar-refractivity contribution < 1.29 is 80.2 Å². The van der Waals surface area contributed by atoms with Gasteiger partial charge in [0.1, 0.15) is 19.3 Å². The SMILES string of the molecule is CCCCCCCCCCCCCCCCCCCCCCCC(=O)O[C@H](COC(=O)CCCCCCCCCCCCC(C)C)COP(=O)(O)OC[C@@H](O)COP(=O)(O)OC[C@@H](COC(=O)CCCCCCCCCCC(C)CC)OC(=O)CCCCCCCCCCCCCCC. The van der Waals surface area contributed by atoms with Crippen molar-refractivity contribution in [3.05, 3.63) is 0 Å². The van der Waals surface area contributed by atoms with Gasteiger partial charge in [0.15, 0.2) is 12.2 Å². The average molecular weight is 1450 g/mol. The third-order valence-electron chi connectivity index (χ3n) is 19.1. The van der Waals surface area contributed by atoms with Crippen LogP contribution in [-0.4, -0.2) is 96.7 Å². The fourth-order valence-electron chi connectivity index (χ4n) is 12.3. The van der Waals surface area contributed by atoms with Crippen LogP contribution in [0.5, 0.6) is 0 Å². The first-order chi connectivity index (χ1) is 47.9. The van der Waals surface area contributed by atoms with Crippen LogP contribution in [0.3, 0.4) is 0 Å². The quantitative estimate of drug-likeness (QED) is 0.0222. The molecule has 17 nitrogen and oxygen atoms in total. The van der Waals surface area contributed by atoms with Crippen molar-refractivity contribution in [2.24, 2.45) is 11.8 Å². The molecule has 0 amide bonds. The van der Waals surface area contributed by atoms with Gasteiger partial charge in [-0.15, -0.1) is 0 Å². The Labute approximate surface area is 607 Å². The molecule has 0 aliphatic carbocycles. The van der Waals surface area contributed by atoms with E-state index in [2.05, 4.69) is 41.5 Å². The lowest BCUT2D eigenvalue weighted by atomic mass is 9.99. The summed E-state index contributed by atoms with van der Waals surface area (Å²) in [6.07, 6.45) is 61.0. The number of carbonyl (C=O) groups excluding carboxylic acids is 4. The van der Waals surface area contributed by atoms with Crippen LogP contribution in [0.1, 0.15) is 420 Å². The molecule has 3 unspecified atom stereocenters. The fourth-order valence-corrected chi connectivity index (χ4v) is 13.9. The molecular weight excluding hydrogens is 1290 g/mol. The standard InChI is InChI=1S/C80H156O17P2/c1-7-10-12-14-16-18-20-22-23-24-25-26-27-28-29-31-33-39-47-53-59-65-80(85)96-75(68-90-77(82)62-56-50-44-37-35-34-36-42-48-54-60-72(4)5)70-94-98(86,87)92-66-74(81)67-93-99(88,89)95-71-76(69-91-78(83)63-57-51-45-41-40-43-49-55-61-73(6)9-3)97-79(84)64-58-52-46-38-32-30-21-19-17-15-13-11-8-2/h72-76,81H,7-71H2,1-6H3,(H,86,87)(H,88,89)/t73?,74-,75-,76-/m1/s1. The van der Waals surface area contributed by atoms with E-state index in [1.165, 1.54) is 238 Å². The Morgan fingerprint density at radius 3 is 0.768 bits per heavy atom. The van der Waals surface area contributed by atoms with Gasteiger partial charge in [-0.3, -0.25) is 37.3 Å². The molecule has 0 aromatic rings. The van der Waals surface area contributed by atoms with Crippen molar-refractivity contribution >= 4 is 39.5 Å². The van der Waals surface area contributed by atoms with Gasteiger partial charge in [-0.1, -0.05) is 369 Å². The van der Waals surface area contributed by atoms with Crippen molar-refractivity contribution in [3.8, 4) is 0 Å². The molecule has 0 saturated heterocycles. The topological polar surface area (TPSA) is 237 Å². The molecular formula is C80H156O17P2. The van der Waals surface area contributed by atoms with E-state index in [-0.39, 0.29) is 25.7 Å². The number of aliphatic hydroxyl groups excluding tert-OH is 1. The highest BCUT2D eigenvalue weighted by Gasteiger charge is 2.30. The Hall–Kier alpha value is -1.94. The Morgan fingerprint density at radius 2 is 0.515 bits per heavy atom. The first kappa shape index (κ1) is 97.1. The molecule has 0 radical (unpaired) electrons. The van der Waals surface area contributed by atoms with Crippen LogP contribution in [0.15, 0.2) is 0 Å². The molecule has 0 aliphatic heterocycles. The van der Waals surface area contributed by atoms with Crippen LogP contribution in [0.25, 0.3) is 0 Å². The molecule has 0 saturated carbocycles. The lowest BCUT2D eigenvalue weighted by Crippen LogP contribution is -2.30. The number of aliphatic hydroxyl groups is 1. The van der Waals surface area contributed by atoms with Gasteiger partial charge in [0, 0.05) is 25.7 Å². The average Bonchev–Trinajstić information content (AvgIpc) is 0.990. The molecule has 0 aromatic heterocycles. The Balaban J connectivity index is 5.22. The predicted molar refractivity (Wildman–Crippen MR) is 405 cm³/mol. The number of phosphoric acid groups is 2. The number of phosphoric ester groups is 2. The van der Waals surface area contributed by atoms with Crippen LogP contribution in [0, 0.1) is 11.8 Å². The fraction of sp³-hybridized carbons (Fsp3) is 0.950. The number of esters is 4. The maximum Gasteiger partial charge on any atom is 0.472 e. The summed E-state index contributed by atoms with van der Waals surface area (Å²) >= 11 is 0. The monoisotopic (exact) mass is 1450 g/mol. The number of unbranched alkanes of at least 4 members (excludes halogenated alkanes) is 48. The number of carbonyl (C=O) groups is 4. The van der Waals surface area contributed by atoms with E-state index in [0.29, 0.717) is 25.7 Å². The summed E-state index contributed by atoms with van der Waals surface area (Å²) in [5, 5.41) is 10.6. The lowest BCUT2D eigenvalue weighted by molar-refractivity contribution is -0.161. The van der Waals surface area contributed by atoms with E-state index in [1.54, 1.807) is 0 Å². The minimum absolute atomic E-state index is 0.107. The molecule has 3 N–H and O–H groups in total. The van der Waals surface area contributed by atoms with Gasteiger partial charge < -0.3 is 33.8 Å². The predicted octanol–water partition coefficient (Wildman–Crippen LogP) is 23.9. The zero-order valence-corrected chi connectivity index (χ0v) is 66.6. The van der Waals surface area contributed by atoms with Gasteiger partial charge >= 0.3 is 39.5 Å². The van der Waals surface area contributed by atoms with E-state index in [4.69, 9.17) is 37.0 Å². The molecule has 6 atom stereocenters. The Kier molecular flexibility index (Phi) is 70.3. The van der Waals surface area contributed by atoms with E-state index in [1.807, 2.05) is 0 Å². The zero-order valence-electron chi connectivity index (χ0n) is 64.8. The summed E-state index contributed by atoms with van der Waals surface area (Å²) in [7, 11) is -9.92. The molecule has 0 bridgehead atoms. The second kappa shape index (κ2) is 71.7. The van der Waals surface area contributed by atoms with Crippen molar-refractivity contribution in [1.29, 1.82) is 0 Å². The molecule has 19 heteroatoms. The number of hydrogen-bond acceptors (Lipinski definition) is 15. The maximum absolute atomic E-state index is 13.1. The van der Waals surface area contributed by atoms with Crippen molar-refractivity contribution in [2.45, 2.75) is 439 Å². The van der Waals surface area contributed by atoms with Crippen LogP contribution < -0.4 is 0 Å². The largest absolute Gasteiger partial charge is 0.472 e. The number of rotatable bonds is 79. The second-order valence-corrected chi connectivity index (χ2v) is 32.4. The van der Waals surface area contributed by atoms with Gasteiger partial charge in [0.05, 0.1) is 26.4 Å². The van der Waals surface area contributed by atoms with Gasteiger partial charge in [-0.25, -0.2) is 9.13 Å². The minimum Gasteiger partial charge on any atom is -0.462 e. The first-order valence-corrected chi connectivity index (χ1v) is 44.5. The van der Waals surface area contributed by atoms with E-state index >= 15 is 0 Å². The van der Waals surface area contributed by atoms with Crippen LogP contribution in [0.2, 0.25) is 0 Å². The third kappa shape index (κ3) is 72.8. The molecule has 0 rings (SSSR count). The summed E-state index contributed by atoms with van der Waals surface area (Å²) in [6, 6.07) is 0. The summed E-state index contributed by atoms with van der Waals surface area (Å²) < 4.78 is 68.7. The second-order valence-electron chi connectivity index (χ2n) is 29.5. The van der Waals surface area contributed by atoms with Crippen molar-refractivity contribution in [3.63, 3.8) is 0 Å². The van der Waals surface area contributed by atoms with E-state index in [9.17, 15) is 43.2 Å². The van der Waals surface area contributed by atoms with Gasteiger partial charge in [-0.05, 0) is 37.5 Å². The van der Waals surface area contributed by atoms with E-state index in [0.717, 1.165) is 102 Å².